The Morgan fingerprint density at radius 2 is 2.16 bits per heavy atom. The van der Waals surface area contributed by atoms with Crippen LogP contribution in [0.5, 0.6) is 5.75 Å². The van der Waals surface area contributed by atoms with Crippen molar-refractivity contribution in [1.29, 1.82) is 0 Å². The molecule has 5 heteroatoms. The second-order valence-corrected chi connectivity index (χ2v) is 4.92. The monoisotopic (exact) mass is 263 g/mol. The summed E-state index contributed by atoms with van der Waals surface area (Å²) in [4.78, 5) is 4.36. The highest BCUT2D eigenvalue weighted by Crippen LogP contribution is 2.26. The first-order chi connectivity index (χ1) is 9.13. The third-order valence-corrected chi connectivity index (χ3v) is 2.90. The molecule has 1 heterocycles. The lowest BCUT2D eigenvalue weighted by atomic mass is 10.2. The molecule has 0 aliphatic carbocycles. The summed E-state index contributed by atoms with van der Waals surface area (Å²) in [5.41, 5.74) is 7.73. The van der Waals surface area contributed by atoms with Gasteiger partial charge in [0.15, 0.2) is 0 Å². The van der Waals surface area contributed by atoms with Crippen LogP contribution in [0.2, 0.25) is 0 Å². The van der Waals surface area contributed by atoms with Gasteiger partial charge in [-0.3, -0.25) is 0 Å². The molecule has 0 radical (unpaired) electrons. The summed E-state index contributed by atoms with van der Waals surface area (Å²) < 4.78 is 12.8. The standard InChI is InChI=1S/C14H21N3O2/c1-10(2)9-19-8-7-17-11-5-4-6-12(18-3)13(11)16-14(17)15/h4-6,10H,7-9H2,1-3H3,(H2,15,16). The highest BCUT2D eigenvalue weighted by molar-refractivity contribution is 5.84. The van der Waals surface area contributed by atoms with Crippen molar-refractivity contribution in [1.82, 2.24) is 9.55 Å². The molecule has 1 aromatic carbocycles. The lowest BCUT2D eigenvalue weighted by molar-refractivity contribution is 0.104. The number of hydrogen-bond acceptors (Lipinski definition) is 4. The minimum Gasteiger partial charge on any atom is -0.494 e. The zero-order chi connectivity index (χ0) is 13.8. The predicted octanol–water partition coefficient (Wildman–Crippen LogP) is 2.30. The molecule has 0 fully saturated rings. The molecule has 0 bridgehead atoms. The molecule has 0 aliphatic rings. The summed E-state index contributed by atoms with van der Waals surface area (Å²) in [5.74, 6) is 1.77. The van der Waals surface area contributed by atoms with Crippen LogP contribution in [0.15, 0.2) is 18.2 Å². The van der Waals surface area contributed by atoms with Crippen molar-refractivity contribution in [3.63, 3.8) is 0 Å². The topological polar surface area (TPSA) is 62.3 Å². The predicted molar refractivity (Wildman–Crippen MR) is 76.4 cm³/mol. The van der Waals surface area contributed by atoms with E-state index in [0.717, 1.165) is 23.4 Å². The van der Waals surface area contributed by atoms with E-state index in [0.29, 0.717) is 25.0 Å². The van der Waals surface area contributed by atoms with E-state index >= 15 is 0 Å². The van der Waals surface area contributed by atoms with Crippen LogP contribution in [0.1, 0.15) is 13.8 Å². The number of benzene rings is 1. The van der Waals surface area contributed by atoms with Crippen LogP contribution in [-0.2, 0) is 11.3 Å². The Morgan fingerprint density at radius 1 is 1.37 bits per heavy atom. The number of para-hydroxylation sites is 1. The summed E-state index contributed by atoms with van der Waals surface area (Å²) in [6.07, 6.45) is 0. The molecule has 0 atom stereocenters. The van der Waals surface area contributed by atoms with Crippen molar-refractivity contribution in [3.8, 4) is 5.75 Å². The quantitative estimate of drug-likeness (QED) is 0.812. The summed E-state index contributed by atoms with van der Waals surface area (Å²) in [6, 6.07) is 5.81. The van der Waals surface area contributed by atoms with Gasteiger partial charge < -0.3 is 19.8 Å². The molecule has 19 heavy (non-hydrogen) atoms. The maximum absolute atomic E-state index is 5.96. The lowest BCUT2D eigenvalue weighted by Gasteiger charge is -2.09. The number of aromatic nitrogens is 2. The first-order valence-electron chi connectivity index (χ1n) is 6.50. The van der Waals surface area contributed by atoms with Gasteiger partial charge in [0.05, 0.1) is 19.2 Å². The van der Waals surface area contributed by atoms with Gasteiger partial charge in [-0.15, -0.1) is 0 Å². The third kappa shape index (κ3) is 2.98. The molecule has 5 nitrogen and oxygen atoms in total. The van der Waals surface area contributed by atoms with E-state index in [9.17, 15) is 0 Å². The average Bonchev–Trinajstić information content (AvgIpc) is 2.70. The second kappa shape index (κ2) is 5.93. The number of anilines is 1. The number of imidazole rings is 1. The molecule has 0 unspecified atom stereocenters. The van der Waals surface area contributed by atoms with Crippen molar-refractivity contribution >= 4 is 17.0 Å². The molecular weight excluding hydrogens is 242 g/mol. The molecule has 2 N–H and O–H groups in total. The largest absolute Gasteiger partial charge is 0.494 e. The molecule has 1 aromatic heterocycles. The smallest absolute Gasteiger partial charge is 0.201 e. The number of nitrogens with zero attached hydrogens (tertiary/aromatic N) is 2. The lowest BCUT2D eigenvalue weighted by Crippen LogP contribution is -2.11. The van der Waals surface area contributed by atoms with E-state index in [-0.39, 0.29) is 0 Å². The Hall–Kier alpha value is -1.75. The Labute approximate surface area is 113 Å². The van der Waals surface area contributed by atoms with Crippen LogP contribution >= 0.6 is 0 Å². The van der Waals surface area contributed by atoms with Gasteiger partial charge in [-0.05, 0) is 18.1 Å². The fourth-order valence-corrected chi connectivity index (χ4v) is 2.01. The zero-order valence-corrected chi connectivity index (χ0v) is 11.7. The fraction of sp³-hybridized carbons (Fsp3) is 0.500. The second-order valence-electron chi connectivity index (χ2n) is 4.92. The van der Waals surface area contributed by atoms with Gasteiger partial charge >= 0.3 is 0 Å². The summed E-state index contributed by atoms with van der Waals surface area (Å²) in [6.45, 7) is 6.35. The molecule has 2 aromatic rings. The van der Waals surface area contributed by atoms with Gasteiger partial charge in [0.2, 0.25) is 5.95 Å². The Balaban J connectivity index is 2.16. The van der Waals surface area contributed by atoms with Crippen LogP contribution in [0.4, 0.5) is 5.95 Å². The fourth-order valence-electron chi connectivity index (χ4n) is 2.01. The average molecular weight is 263 g/mol. The Morgan fingerprint density at radius 3 is 2.84 bits per heavy atom. The van der Waals surface area contributed by atoms with Crippen molar-refractivity contribution in [3.05, 3.63) is 18.2 Å². The van der Waals surface area contributed by atoms with Crippen molar-refractivity contribution in [2.24, 2.45) is 5.92 Å². The van der Waals surface area contributed by atoms with Crippen LogP contribution in [0.25, 0.3) is 11.0 Å². The van der Waals surface area contributed by atoms with E-state index in [1.54, 1.807) is 7.11 Å². The van der Waals surface area contributed by atoms with Gasteiger partial charge in [0.1, 0.15) is 11.3 Å². The number of rotatable bonds is 6. The molecule has 0 aliphatic heterocycles. The van der Waals surface area contributed by atoms with Gasteiger partial charge in [-0.1, -0.05) is 19.9 Å². The summed E-state index contributed by atoms with van der Waals surface area (Å²) >= 11 is 0. The minimum atomic E-state index is 0.493. The van der Waals surface area contributed by atoms with E-state index in [1.165, 1.54) is 0 Å². The molecule has 0 saturated carbocycles. The number of hydrogen-bond donors (Lipinski definition) is 1. The number of nitrogen functional groups attached to an aromatic ring is 1. The maximum Gasteiger partial charge on any atom is 0.201 e. The summed E-state index contributed by atoms with van der Waals surface area (Å²) in [7, 11) is 1.63. The van der Waals surface area contributed by atoms with Gasteiger partial charge in [0.25, 0.3) is 0 Å². The van der Waals surface area contributed by atoms with Crippen molar-refractivity contribution in [2.45, 2.75) is 20.4 Å². The molecule has 0 amide bonds. The van der Waals surface area contributed by atoms with E-state index < -0.39 is 0 Å². The summed E-state index contributed by atoms with van der Waals surface area (Å²) in [5, 5.41) is 0. The van der Waals surface area contributed by atoms with Gasteiger partial charge in [0, 0.05) is 13.2 Å². The Kier molecular flexibility index (Phi) is 4.27. The number of fused-ring (bicyclic) bond motifs is 1. The van der Waals surface area contributed by atoms with E-state index in [2.05, 4.69) is 18.8 Å². The molecule has 2 rings (SSSR count). The Bertz CT molecular complexity index is 549. The van der Waals surface area contributed by atoms with Crippen LogP contribution in [0.3, 0.4) is 0 Å². The number of ether oxygens (including phenoxy) is 2. The number of nitrogens with two attached hydrogens (primary N) is 1. The van der Waals surface area contributed by atoms with E-state index in [4.69, 9.17) is 15.2 Å². The molecule has 0 saturated heterocycles. The van der Waals surface area contributed by atoms with Crippen molar-refractivity contribution < 1.29 is 9.47 Å². The molecule has 0 spiro atoms. The van der Waals surface area contributed by atoms with E-state index in [1.807, 2.05) is 22.8 Å². The first kappa shape index (κ1) is 13.7. The van der Waals surface area contributed by atoms with Gasteiger partial charge in [-0.2, -0.15) is 0 Å². The molecular formula is C14H21N3O2. The first-order valence-corrected chi connectivity index (χ1v) is 6.50. The van der Waals surface area contributed by atoms with Crippen LogP contribution in [-0.4, -0.2) is 29.9 Å². The molecule has 104 valence electrons. The maximum atomic E-state index is 5.96. The third-order valence-electron chi connectivity index (χ3n) is 2.90. The van der Waals surface area contributed by atoms with Gasteiger partial charge in [-0.25, -0.2) is 4.98 Å². The number of methoxy groups -OCH3 is 1. The van der Waals surface area contributed by atoms with Crippen LogP contribution in [0, 0.1) is 5.92 Å². The SMILES string of the molecule is COc1cccc2c1nc(N)n2CCOCC(C)C. The highest BCUT2D eigenvalue weighted by atomic mass is 16.5. The highest BCUT2D eigenvalue weighted by Gasteiger charge is 2.11. The minimum absolute atomic E-state index is 0.493. The van der Waals surface area contributed by atoms with Crippen LogP contribution < -0.4 is 10.5 Å². The normalized spacial score (nSPS) is 11.4. The zero-order valence-electron chi connectivity index (χ0n) is 11.7. The van der Waals surface area contributed by atoms with Crippen molar-refractivity contribution in [2.75, 3.05) is 26.1 Å².